The molecule has 122 valence electrons. The van der Waals surface area contributed by atoms with Crippen molar-refractivity contribution in [2.24, 2.45) is 0 Å². The molecule has 1 N–H and O–H groups in total. The first-order chi connectivity index (χ1) is 10.7. The molecule has 0 fully saturated rings. The van der Waals surface area contributed by atoms with E-state index in [1.54, 1.807) is 0 Å². The number of nitrogens with zero attached hydrogens (tertiary/aromatic N) is 1. The number of H-pyrrole nitrogens is 1. The summed E-state index contributed by atoms with van der Waals surface area (Å²) in [6.45, 7) is 0. The van der Waals surface area contributed by atoms with Crippen molar-refractivity contribution in [3.63, 3.8) is 0 Å². The number of alkyl halides is 3. The van der Waals surface area contributed by atoms with Crippen molar-refractivity contribution in [2.75, 3.05) is 5.75 Å². The number of benzene rings is 1. The van der Waals surface area contributed by atoms with Crippen LogP contribution in [0.4, 0.5) is 13.2 Å². The van der Waals surface area contributed by atoms with Crippen LogP contribution in [-0.2, 0) is 6.18 Å². The van der Waals surface area contributed by atoms with Gasteiger partial charge in [-0.3, -0.25) is 9.59 Å². The second kappa shape index (κ2) is 6.94. The molecule has 1 aromatic heterocycles. The quantitative estimate of drug-likeness (QED) is 0.491. The van der Waals surface area contributed by atoms with E-state index in [0.717, 1.165) is 0 Å². The molecular weight excluding hydrogens is 376 g/mol. The molecule has 0 amide bonds. The Morgan fingerprint density at radius 3 is 2.57 bits per heavy atom. The zero-order valence-corrected chi connectivity index (χ0v) is 13.4. The van der Waals surface area contributed by atoms with Gasteiger partial charge in [0.1, 0.15) is 0 Å². The first-order valence-corrected chi connectivity index (χ1v) is 7.70. The topological polar surface area (TPSA) is 62.8 Å². The van der Waals surface area contributed by atoms with Gasteiger partial charge in [0.25, 0.3) is 5.56 Å². The Hall–Kier alpha value is -1.51. The smallest absolute Gasteiger partial charge is 0.301 e. The van der Waals surface area contributed by atoms with Crippen molar-refractivity contribution in [3.05, 3.63) is 55.9 Å². The summed E-state index contributed by atoms with van der Waals surface area (Å²) in [6, 6.07) is 4.61. The fourth-order valence-corrected chi connectivity index (χ4v) is 2.85. The van der Waals surface area contributed by atoms with E-state index in [2.05, 4.69) is 9.97 Å². The van der Waals surface area contributed by atoms with Gasteiger partial charge >= 0.3 is 6.18 Å². The number of nitrogens with one attached hydrogen (secondary N) is 1. The van der Waals surface area contributed by atoms with Gasteiger partial charge < -0.3 is 4.98 Å². The molecule has 10 heteroatoms. The van der Waals surface area contributed by atoms with Crippen LogP contribution in [0.25, 0.3) is 0 Å². The van der Waals surface area contributed by atoms with E-state index in [1.165, 1.54) is 18.2 Å². The van der Waals surface area contributed by atoms with Gasteiger partial charge in [-0.15, -0.1) is 0 Å². The fourth-order valence-electron chi connectivity index (χ4n) is 1.58. The van der Waals surface area contributed by atoms with Gasteiger partial charge in [-0.25, -0.2) is 4.98 Å². The van der Waals surface area contributed by atoms with Crippen molar-refractivity contribution in [3.8, 4) is 0 Å². The van der Waals surface area contributed by atoms with Crippen LogP contribution in [0, 0.1) is 0 Å². The summed E-state index contributed by atoms with van der Waals surface area (Å²) in [7, 11) is 0. The SMILES string of the molecule is O=C(CSc1nc(C(F)(F)F)cc(=O)[nH]1)c1ccc(Cl)cc1Cl. The minimum atomic E-state index is -4.74. The maximum Gasteiger partial charge on any atom is 0.433 e. The van der Waals surface area contributed by atoms with Crippen LogP contribution in [0.5, 0.6) is 0 Å². The number of halogens is 5. The van der Waals surface area contributed by atoms with Gasteiger partial charge in [0.15, 0.2) is 16.6 Å². The molecule has 1 aromatic carbocycles. The predicted molar refractivity (Wildman–Crippen MR) is 81.4 cm³/mol. The van der Waals surface area contributed by atoms with E-state index in [4.69, 9.17) is 23.2 Å². The highest BCUT2D eigenvalue weighted by molar-refractivity contribution is 7.99. The monoisotopic (exact) mass is 382 g/mol. The van der Waals surface area contributed by atoms with Crippen LogP contribution in [0.3, 0.4) is 0 Å². The van der Waals surface area contributed by atoms with Gasteiger partial charge in [0.05, 0.1) is 10.8 Å². The molecular formula is C13H7Cl2F3N2O2S. The van der Waals surface area contributed by atoms with Crippen molar-refractivity contribution < 1.29 is 18.0 Å². The Kier molecular flexibility index (Phi) is 5.38. The average Bonchev–Trinajstić information content (AvgIpc) is 2.43. The Labute approximate surface area is 142 Å². The summed E-state index contributed by atoms with van der Waals surface area (Å²) in [5, 5.41) is 0.180. The van der Waals surface area contributed by atoms with Crippen molar-refractivity contribution in [2.45, 2.75) is 11.3 Å². The number of hydrogen-bond acceptors (Lipinski definition) is 4. The highest BCUT2D eigenvalue weighted by atomic mass is 35.5. The lowest BCUT2D eigenvalue weighted by molar-refractivity contribution is -0.141. The number of Topliss-reactive ketones (excluding diaryl/α,β-unsaturated/α-hetero) is 1. The summed E-state index contributed by atoms with van der Waals surface area (Å²) < 4.78 is 37.7. The lowest BCUT2D eigenvalue weighted by Gasteiger charge is -2.07. The average molecular weight is 383 g/mol. The molecule has 0 spiro atoms. The Balaban J connectivity index is 2.16. The Morgan fingerprint density at radius 1 is 1.26 bits per heavy atom. The number of rotatable bonds is 4. The van der Waals surface area contributed by atoms with Crippen molar-refractivity contribution in [1.82, 2.24) is 9.97 Å². The molecule has 0 aliphatic rings. The van der Waals surface area contributed by atoms with E-state index < -0.39 is 23.2 Å². The number of hydrogen-bond donors (Lipinski definition) is 1. The van der Waals surface area contributed by atoms with E-state index in [1.807, 2.05) is 0 Å². The van der Waals surface area contributed by atoms with Gasteiger partial charge in [-0.1, -0.05) is 35.0 Å². The van der Waals surface area contributed by atoms with Gasteiger partial charge in [0, 0.05) is 16.7 Å². The minimum absolute atomic E-state index is 0.133. The molecule has 23 heavy (non-hydrogen) atoms. The third-order valence-electron chi connectivity index (χ3n) is 2.58. The van der Waals surface area contributed by atoms with E-state index >= 15 is 0 Å². The third kappa shape index (κ3) is 4.73. The molecule has 0 saturated carbocycles. The van der Waals surface area contributed by atoms with Gasteiger partial charge in [0.2, 0.25) is 0 Å². The zero-order chi connectivity index (χ0) is 17.2. The van der Waals surface area contributed by atoms with Crippen LogP contribution in [0.2, 0.25) is 10.0 Å². The van der Waals surface area contributed by atoms with E-state index in [9.17, 15) is 22.8 Å². The molecule has 0 atom stereocenters. The molecule has 0 unspecified atom stereocenters. The van der Waals surface area contributed by atoms with Crippen LogP contribution in [0.15, 0.2) is 34.2 Å². The molecule has 0 radical (unpaired) electrons. The lowest BCUT2D eigenvalue weighted by atomic mass is 10.1. The molecule has 4 nitrogen and oxygen atoms in total. The van der Waals surface area contributed by atoms with E-state index in [0.29, 0.717) is 22.9 Å². The number of aromatic nitrogens is 2. The maximum atomic E-state index is 12.6. The molecule has 0 aliphatic heterocycles. The molecule has 0 aliphatic carbocycles. The minimum Gasteiger partial charge on any atom is -0.301 e. The van der Waals surface area contributed by atoms with Gasteiger partial charge in [-0.05, 0) is 18.2 Å². The second-order valence-electron chi connectivity index (χ2n) is 4.27. The van der Waals surface area contributed by atoms with E-state index in [-0.39, 0.29) is 21.5 Å². The summed E-state index contributed by atoms with van der Waals surface area (Å²) in [5.74, 6) is -0.678. The maximum absolute atomic E-state index is 12.6. The molecule has 2 aromatic rings. The summed E-state index contributed by atoms with van der Waals surface area (Å²) in [5.41, 5.74) is -2.09. The normalized spacial score (nSPS) is 11.5. The second-order valence-corrected chi connectivity index (χ2v) is 6.08. The highest BCUT2D eigenvalue weighted by Gasteiger charge is 2.33. The number of carbonyl (C=O) groups is 1. The fraction of sp³-hybridized carbons (Fsp3) is 0.154. The van der Waals surface area contributed by atoms with Crippen LogP contribution < -0.4 is 5.56 Å². The Morgan fingerprint density at radius 2 is 1.96 bits per heavy atom. The summed E-state index contributed by atoms with van der Waals surface area (Å²) in [6.07, 6.45) is -4.74. The first-order valence-electron chi connectivity index (χ1n) is 5.96. The lowest BCUT2D eigenvalue weighted by Crippen LogP contribution is -2.17. The largest absolute Gasteiger partial charge is 0.433 e. The summed E-state index contributed by atoms with van der Waals surface area (Å²) >= 11 is 12.3. The first kappa shape index (κ1) is 17.8. The number of aromatic amines is 1. The summed E-state index contributed by atoms with van der Waals surface area (Å²) in [4.78, 5) is 28.7. The van der Waals surface area contributed by atoms with Crippen molar-refractivity contribution >= 4 is 40.7 Å². The highest BCUT2D eigenvalue weighted by Crippen LogP contribution is 2.28. The Bertz CT molecular complexity index is 809. The molecule has 1 heterocycles. The van der Waals surface area contributed by atoms with Crippen LogP contribution >= 0.6 is 35.0 Å². The van der Waals surface area contributed by atoms with Crippen molar-refractivity contribution in [1.29, 1.82) is 0 Å². The molecule has 2 rings (SSSR count). The number of thioether (sulfide) groups is 1. The van der Waals surface area contributed by atoms with Crippen LogP contribution in [0.1, 0.15) is 16.1 Å². The predicted octanol–water partition coefficient (Wildman–Crippen LogP) is 4.07. The molecule has 0 saturated heterocycles. The number of ketones is 1. The van der Waals surface area contributed by atoms with Crippen LogP contribution in [-0.4, -0.2) is 21.5 Å². The standard InChI is InChI=1S/C13H7Cl2F3N2O2S/c14-6-1-2-7(8(15)3-6)9(21)5-23-12-19-10(13(16,17)18)4-11(22)20-12/h1-4H,5H2,(H,19,20,22). The van der Waals surface area contributed by atoms with Gasteiger partial charge in [-0.2, -0.15) is 13.2 Å². The molecule has 0 bridgehead atoms. The third-order valence-corrected chi connectivity index (χ3v) is 4.00. The zero-order valence-electron chi connectivity index (χ0n) is 11.1. The number of carbonyl (C=O) groups excluding carboxylic acids is 1.